The molecule has 5 aromatic rings. The van der Waals surface area contributed by atoms with Gasteiger partial charge in [0, 0.05) is 22.4 Å². The summed E-state index contributed by atoms with van der Waals surface area (Å²) in [4.78, 5) is 8.69. The van der Waals surface area contributed by atoms with E-state index < -0.39 is 0 Å². The highest BCUT2D eigenvalue weighted by Crippen LogP contribution is 2.23. The Hall–Kier alpha value is -3.99. The van der Waals surface area contributed by atoms with Gasteiger partial charge in [-0.15, -0.1) is 0 Å². The van der Waals surface area contributed by atoms with Gasteiger partial charge < -0.3 is 4.42 Å². The lowest BCUT2D eigenvalue weighted by molar-refractivity contribution is 0.618. The first kappa shape index (κ1) is 18.1. The Kier molecular flexibility index (Phi) is 4.69. The van der Waals surface area contributed by atoms with Crippen molar-refractivity contribution in [1.82, 2.24) is 9.97 Å². The summed E-state index contributed by atoms with van der Waals surface area (Å²) in [5.74, 6) is 1.43. The third-order valence-corrected chi connectivity index (χ3v) is 5.10. The number of fused-ring (bicyclic) bond motifs is 2. The van der Waals surface area contributed by atoms with Crippen LogP contribution in [0.5, 0.6) is 0 Å². The third kappa shape index (κ3) is 3.42. The van der Waals surface area contributed by atoms with E-state index in [0.29, 0.717) is 5.82 Å². The standard InChI is InChI=1S/C25H20N4O/c1-2-17-12-13-23-20(14-17)22(15-24(30-23)18-8-4-3-5-9-18)28-29-25-19-10-6-7-11-21(19)26-16-27-25/h3-16H,2H2,1H3,(H,26,27,29)/b28-22+. The van der Waals surface area contributed by atoms with Crippen LogP contribution in [-0.4, -0.2) is 9.97 Å². The first-order valence-electron chi connectivity index (χ1n) is 9.93. The van der Waals surface area contributed by atoms with E-state index in [4.69, 9.17) is 9.52 Å². The van der Waals surface area contributed by atoms with Crippen LogP contribution in [0.1, 0.15) is 12.5 Å². The van der Waals surface area contributed by atoms with Crippen LogP contribution in [-0.2, 0) is 6.42 Å². The predicted octanol–water partition coefficient (Wildman–Crippen LogP) is 5.53. The lowest BCUT2D eigenvalue weighted by Crippen LogP contribution is -2.08. The van der Waals surface area contributed by atoms with Gasteiger partial charge in [-0.1, -0.05) is 55.5 Å². The highest BCUT2D eigenvalue weighted by atomic mass is 16.3. The minimum atomic E-state index is 0.669. The molecule has 146 valence electrons. The van der Waals surface area contributed by atoms with Gasteiger partial charge in [-0.2, -0.15) is 5.10 Å². The molecular weight excluding hydrogens is 372 g/mol. The van der Waals surface area contributed by atoms with E-state index in [1.165, 1.54) is 5.56 Å². The SMILES string of the molecule is CCc1ccc2oc(-c3ccccc3)c/c(=N\Nc3ncnc4ccccc34)c2c1. The van der Waals surface area contributed by atoms with Gasteiger partial charge in [0.2, 0.25) is 0 Å². The summed E-state index contributed by atoms with van der Waals surface area (Å²) in [5.41, 5.74) is 7.04. The van der Waals surface area contributed by atoms with E-state index in [1.807, 2.05) is 66.7 Å². The van der Waals surface area contributed by atoms with Gasteiger partial charge in [0.05, 0.1) is 10.9 Å². The van der Waals surface area contributed by atoms with Crippen LogP contribution in [0.4, 0.5) is 5.82 Å². The third-order valence-electron chi connectivity index (χ3n) is 5.10. The van der Waals surface area contributed by atoms with E-state index in [0.717, 1.165) is 45.0 Å². The van der Waals surface area contributed by atoms with E-state index in [9.17, 15) is 0 Å². The second kappa shape index (κ2) is 7.79. The van der Waals surface area contributed by atoms with Crippen molar-refractivity contribution in [3.05, 3.63) is 96.1 Å². The van der Waals surface area contributed by atoms with Crippen molar-refractivity contribution in [1.29, 1.82) is 0 Å². The molecule has 2 aromatic heterocycles. The minimum absolute atomic E-state index is 0.669. The highest BCUT2D eigenvalue weighted by Gasteiger charge is 2.07. The van der Waals surface area contributed by atoms with Gasteiger partial charge >= 0.3 is 0 Å². The van der Waals surface area contributed by atoms with Gasteiger partial charge in [-0.25, -0.2) is 9.97 Å². The van der Waals surface area contributed by atoms with Crippen molar-refractivity contribution in [2.75, 3.05) is 5.43 Å². The average Bonchev–Trinajstić information content (AvgIpc) is 2.82. The maximum Gasteiger partial charge on any atom is 0.157 e. The summed E-state index contributed by atoms with van der Waals surface area (Å²) in [6.07, 6.45) is 2.49. The van der Waals surface area contributed by atoms with Crippen molar-refractivity contribution >= 4 is 27.7 Å². The van der Waals surface area contributed by atoms with Crippen LogP contribution in [0.15, 0.2) is 94.7 Å². The molecule has 0 amide bonds. The maximum absolute atomic E-state index is 6.20. The molecule has 5 heteroatoms. The fourth-order valence-electron chi connectivity index (χ4n) is 3.48. The Morgan fingerprint density at radius 2 is 1.70 bits per heavy atom. The zero-order chi connectivity index (χ0) is 20.3. The molecule has 0 saturated carbocycles. The highest BCUT2D eigenvalue weighted by molar-refractivity contribution is 5.88. The maximum atomic E-state index is 6.20. The lowest BCUT2D eigenvalue weighted by Gasteiger charge is -2.07. The molecule has 0 atom stereocenters. The van der Waals surface area contributed by atoms with Gasteiger partial charge in [0.1, 0.15) is 17.7 Å². The second-order valence-corrected chi connectivity index (χ2v) is 7.01. The van der Waals surface area contributed by atoms with Crippen molar-refractivity contribution in [3.8, 4) is 11.3 Å². The zero-order valence-electron chi connectivity index (χ0n) is 16.5. The van der Waals surface area contributed by atoms with Gasteiger partial charge in [0.25, 0.3) is 0 Å². The fourth-order valence-corrected chi connectivity index (χ4v) is 3.48. The molecule has 0 aliphatic heterocycles. The molecule has 1 N–H and O–H groups in total. The summed E-state index contributed by atoms with van der Waals surface area (Å²) in [7, 11) is 0. The number of benzene rings is 3. The van der Waals surface area contributed by atoms with Crippen LogP contribution in [0, 0.1) is 0 Å². The van der Waals surface area contributed by atoms with E-state index in [1.54, 1.807) is 6.33 Å². The number of nitrogens with zero attached hydrogens (tertiary/aromatic N) is 3. The van der Waals surface area contributed by atoms with Crippen LogP contribution in [0.2, 0.25) is 0 Å². The van der Waals surface area contributed by atoms with E-state index >= 15 is 0 Å². The Balaban J connectivity index is 1.69. The molecule has 0 unspecified atom stereocenters. The zero-order valence-corrected chi connectivity index (χ0v) is 16.5. The Morgan fingerprint density at radius 3 is 2.57 bits per heavy atom. The molecule has 5 rings (SSSR count). The number of rotatable bonds is 4. The molecule has 0 fully saturated rings. The molecule has 0 bridgehead atoms. The van der Waals surface area contributed by atoms with Gasteiger partial charge in [0.15, 0.2) is 5.82 Å². The monoisotopic (exact) mass is 392 g/mol. The molecule has 0 spiro atoms. The van der Waals surface area contributed by atoms with Crippen molar-refractivity contribution < 1.29 is 4.42 Å². The Morgan fingerprint density at radius 1 is 0.867 bits per heavy atom. The van der Waals surface area contributed by atoms with Crippen LogP contribution >= 0.6 is 0 Å². The molecule has 5 nitrogen and oxygen atoms in total. The number of para-hydroxylation sites is 1. The Labute approximate surface area is 173 Å². The first-order chi connectivity index (χ1) is 14.8. The number of hydrogen-bond acceptors (Lipinski definition) is 5. The van der Waals surface area contributed by atoms with Crippen LogP contribution in [0.25, 0.3) is 33.2 Å². The van der Waals surface area contributed by atoms with Crippen molar-refractivity contribution in [2.45, 2.75) is 13.3 Å². The first-order valence-corrected chi connectivity index (χ1v) is 9.93. The lowest BCUT2D eigenvalue weighted by atomic mass is 10.1. The van der Waals surface area contributed by atoms with Crippen molar-refractivity contribution in [3.63, 3.8) is 0 Å². The Bertz CT molecular complexity index is 1400. The summed E-state index contributed by atoms with van der Waals surface area (Å²) in [6, 6.07) is 26.1. The molecule has 0 aliphatic rings. The molecular formula is C25H20N4O. The second-order valence-electron chi connectivity index (χ2n) is 7.01. The molecule has 0 aliphatic carbocycles. The number of aryl methyl sites for hydroxylation is 1. The normalized spacial score (nSPS) is 11.8. The largest absolute Gasteiger partial charge is 0.456 e. The predicted molar refractivity (Wildman–Crippen MR) is 120 cm³/mol. The molecule has 0 saturated heterocycles. The number of nitrogens with one attached hydrogen (secondary N) is 1. The van der Waals surface area contributed by atoms with Crippen LogP contribution < -0.4 is 10.8 Å². The average molecular weight is 392 g/mol. The summed E-state index contributed by atoms with van der Waals surface area (Å²) in [5, 5.41) is 7.40. The van der Waals surface area contributed by atoms with Gasteiger partial charge in [-0.05, 0) is 36.2 Å². The quantitative estimate of drug-likeness (QED) is 0.408. The summed E-state index contributed by atoms with van der Waals surface area (Å²) < 4.78 is 6.20. The number of aromatic nitrogens is 2. The minimum Gasteiger partial charge on any atom is -0.456 e. The van der Waals surface area contributed by atoms with Crippen LogP contribution in [0.3, 0.4) is 0 Å². The molecule has 30 heavy (non-hydrogen) atoms. The fraction of sp³-hybridized carbons (Fsp3) is 0.0800. The summed E-state index contributed by atoms with van der Waals surface area (Å²) in [6.45, 7) is 2.14. The number of hydrogen-bond donors (Lipinski definition) is 1. The molecule has 0 radical (unpaired) electrons. The number of anilines is 1. The van der Waals surface area contributed by atoms with Crippen molar-refractivity contribution in [2.24, 2.45) is 5.10 Å². The summed E-state index contributed by atoms with van der Waals surface area (Å²) >= 11 is 0. The van der Waals surface area contributed by atoms with E-state index in [-0.39, 0.29) is 0 Å². The van der Waals surface area contributed by atoms with Gasteiger partial charge in [-0.3, -0.25) is 5.43 Å². The molecule has 2 heterocycles. The topological polar surface area (TPSA) is 63.3 Å². The van der Waals surface area contributed by atoms with E-state index in [2.05, 4.69) is 34.5 Å². The smallest absolute Gasteiger partial charge is 0.157 e. The molecule has 3 aromatic carbocycles.